The zero-order chi connectivity index (χ0) is 13.7. The molecule has 1 unspecified atom stereocenters. The van der Waals surface area contributed by atoms with Crippen molar-refractivity contribution in [2.24, 2.45) is 10.2 Å². The number of rotatable bonds is 5. The lowest BCUT2D eigenvalue weighted by Gasteiger charge is -2.06. The van der Waals surface area contributed by atoms with Crippen LogP contribution in [0, 0.1) is 0 Å². The van der Waals surface area contributed by atoms with Crippen molar-refractivity contribution in [1.29, 1.82) is 0 Å². The molecule has 0 aliphatic heterocycles. The molecular weight excluding hydrogens is 232 g/mol. The summed E-state index contributed by atoms with van der Waals surface area (Å²) in [6.45, 7) is 5.76. The lowest BCUT2D eigenvalue weighted by Crippen LogP contribution is -2.12. The molecule has 96 valence electrons. The molecule has 18 heavy (non-hydrogen) atoms. The van der Waals surface area contributed by atoms with Gasteiger partial charge in [0, 0.05) is 5.56 Å². The van der Waals surface area contributed by atoms with Crippen molar-refractivity contribution < 1.29 is 14.7 Å². The van der Waals surface area contributed by atoms with Crippen LogP contribution in [0.4, 0.5) is 0 Å². The van der Waals surface area contributed by atoms with E-state index in [1.165, 1.54) is 12.1 Å². The molecule has 0 aliphatic rings. The number of carbonyl (C=O) groups is 2. The summed E-state index contributed by atoms with van der Waals surface area (Å²) in [7, 11) is 0. The number of azo groups is 1. The second kappa shape index (κ2) is 6.05. The topological polar surface area (TPSA) is 79.1 Å². The van der Waals surface area contributed by atoms with Crippen molar-refractivity contribution in [3.05, 3.63) is 35.4 Å². The van der Waals surface area contributed by atoms with Crippen LogP contribution in [-0.2, 0) is 4.79 Å². The molecule has 0 bridgehead atoms. The highest BCUT2D eigenvalue weighted by molar-refractivity contribution is 6.39. The Hall–Kier alpha value is -2.04. The van der Waals surface area contributed by atoms with Gasteiger partial charge in [0.15, 0.2) is 0 Å². The van der Waals surface area contributed by atoms with Crippen LogP contribution < -0.4 is 0 Å². The van der Waals surface area contributed by atoms with Gasteiger partial charge in [-0.2, -0.15) is 10.2 Å². The summed E-state index contributed by atoms with van der Waals surface area (Å²) >= 11 is 0. The van der Waals surface area contributed by atoms with Gasteiger partial charge in [-0.1, -0.05) is 24.3 Å². The second-order valence-electron chi connectivity index (χ2n) is 4.26. The van der Waals surface area contributed by atoms with Gasteiger partial charge in [0.05, 0.1) is 12.1 Å². The number of hydrogen-bond acceptors (Lipinski definition) is 4. The molecule has 0 saturated carbocycles. The summed E-state index contributed by atoms with van der Waals surface area (Å²) in [6, 6.07) is 6.41. The highest BCUT2D eigenvalue weighted by atomic mass is 16.4. The van der Waals surface area contributed by atoms with Gasteiger partial charge < -0.3 is 5.11 Å². The molecule has 1 aromatic rings. The van der Waals surface area contributed by atoms with Crippen LogP contribution in [0.1, 0.15) is 42.7 Å². The van der Waals surface area contributed by atoms with E-state index in [1.54, 1.807) is 12.1 Å². The average molecular weight is 248 g/mol. The number of nitrogens with zero attached hydrogens (tertiary/aromatic N) is 2. The molecule has 0 aliphatic carbocycles. The number of hydrogen-bond donors (Lipinski definition) is 1. The van der Waals surface area contributed by atoms with Crippen LogP contribution in [0.3, 0.4) is 0 Å². The average Bonchev–Trinajstić information content (AvgIpc) is 2.35. The first-order chi connectivity index (χ1) is 8.41. The number of carbonyl (C=O) groups excluding carboxylic acids is 1. The smallest absolute Gasteiger partial charge is 0.377 e. The summed E-state index contributed by atoms with van der Waals surface area (Å²) in [5, 5.41) is 16.8. The maximum atomic E-state index is 11.2. The van der Waals surface area contributed by atoms with Crippen LogP contribution in [0.15, 0.2) is 34.5 Å². The van der Waals surface area contributed by atoms with E-state index in [0.717, 1.165) is 5.56 Å². The standard InChI is InChI=1S/C13H16N2O3/c1-8(2)14-15-9(3)10-4-6-11(7-5-10)12(16)13(17)18/h4-9H,1-3H3,(H,17,18). The Balaban J connectivity index is 2.83. The number of benzene rings is 1. The first-order valence-corrected chi connectivity index (χ1v) is 5.69. The van der Waals surface area contributed by atoms with Gasteiger partial charge in [-0.15, -0.1) is 0 Å². The number of carboxylic acids is 1. The molecule has 0 saturated heterocycles. The molecule has 0 aromatic heterocycles. The van der Waals surface area contributed by atoms with E-state index >= 15 is 0 Å². The lowest BCUT2D eigenvalue weighted by atomic mass is 10.0. The van der Waals surface area contributed by atoms with Crippen LogP contribution in [0.25, 0.3) is 0 Å². The summed E-state index contributed by atoms with van der Waals surface area (Å²) < 4.78 is 0. The Morgan fingerprint density at radius 3 is 2.06 bits per heavy atom. The molecule has 0 heterocycles. The van der Waals surface area contributed by atoms with Crippen molar-refractivity contribution in [2.75, 3.05) is 0 Å². The van der Waals surface area contributed by atoms with Gasteiger partial charge in [0.2, 0.25) is 0 Å². The van der Waals surface area contributed by atoms with Crippen LogP contribution >= 0.6 is 0 Å². The predicted molar refractivity (Wildman–Crippen MR) is 66.8 cm³/mol. The van der Waals surface area contributed by atoms with Crippen molar-refractivity contribution >= 4 is 11.8 Å². The van der Waals surface area contributed by atoms with E-state index in [9.17, 15) is 9.59 Å². The lowest BCUT2D eigenvalue weighted by molar-refractivity contribution is -0.131. The fourth-order valence-electron chi connectivity index (χ4n) is 1.34. The highest BCUT2D eigenvalue weighted by Crippen LogP contribution is 2.18. The summed E-state index contributed by atoms with van der Waals surface area (Å²) in [4.78, 5) is 21.7. The number of carboxylic acid groups (broad SMARTS) is 1. The molecular formula is C13H16N2O3. The molecule has 5 heteroatoms. The highest BCUT2D eigenvalue weighted by Gasteiger charge is 2.14. The Morgan fingerprint density at radius 1 is 1.06 bits per heavy atom. The molecule has 1 aromatic carbocycles. The van der Waals surface area contributed by atoms with E-state index in [0.29, 0.717) is 0 Å². The van der Waals surface area contributed by atoms with Gasteiger partial charge in [-0.3, -0.25) is 4.79 Å². The van der Waals surface area contributed by atoms with Gasteiger partial charge in [0.1, 0.15) is 0 Å². The molecule has 1 rings (SSSR count). The van der Waals surface area contributed by atoms with Crippen LogP contribution in [0.2, 0.25) is 0 Å². The molecule has 0 fully saturated rings. The minimum atomic E-state index is -1.45. The molecule has 0 radical (unpaired) electrons. The molecule has 1 N–H and O–H groups in total. The summed E-state index contributed by atoms with van der Waals surface area (Å²) in [5.74, 6) is -2.35. The van der Waals surface area contributed by atoms with Crippen molar-refractivity contribution in [3.8, 4) is 0 Å². The molecule has 1 atom stereocenters. The second-order valence-corrected chi connectivity index (χ2v) is 4.26. The first-order valence-electron chi connectivity index (χ1n) is 5.69. The minimum absolute atomic E-state index is 0.110. The van der Waals surface area contributed by atoms with Gasteiger partial charge in [-0.25, -0.2) is 4.79 Å². The SMILES string of the molecule is CC(C)N=NC(C)c1ccc(C(=O)C(=O)O)cc1. The maximum Gasteiger partial charge on any atom is 0.377 e. The van der Waals surface area contributed by atoms with Crippen LogP contribution in [-0.4, -0.2) is 22.9 Å². The fraction of sp³-hybridized carbons (Fsp3) is 0.385. The normalized spacial score (nSPS) is 12.9. The molecule has 5 nitrogen and oxygen atoms in total. The van der Waals surface area contributed by atoms with E-state index in [1.807, 2.05) is 20.8 Å². The first kappa shape index (κ1) is 14.0. The number of ketones is 1. The van der Waals surface area contributed by atoms with Crippen molar-refractivity contribution in [2.45, 2.75) is 32.9 Å². The van der Waals surface area contributed by atoms with Crippen LogP contribution in [0.5, 0.6) is 0 Å². The van der Waals surface area contributed by atoms with Crippen molar-refractivity contribution in [3.63, 3.8) is 0 Å². The van der Waals surface area contributed by atoms with E-state index in [4.69, 9.17) is 5.11 Å². The Morgan fingerprint density at radius 2 is 1.61 bits per heavy atom. The van der Waals surface area contributed by atoms with Gasteiger partial charge in [-0.05, 0) is 26.3 Å². The maximum absolute atomic E-state index is 11.2. The third-order valence-electron chi connectivity index (χ3n) is 2.32. The minimum Gasteiger partial charge on any atom is -0.475 e. The van der Waals surface area contributed by atoms with E-state index < -0.39 is 11.8 Å². The van der Waals surface area contributed by atoms with Gasteiger partial charge >= 0.3 is 5.97 Å². The van der Waals surface area contributed by atoms with E-state index in [2.05, 4.69) is 10.2 Å². The molecule has 0 amide bonds. The third kappa shape index (κ3) is 3.76. The monoisotopic (exact) mass is 248 g/mol. The summed E-state index contributed by atoms with van der Waals surface area (Å²) in [5.41, 5.74) is 1.06. The largest absolute Gasteiger partial charge is 0.475 e. The molecule has 0 spiro atoms. The summed E-state index contributed by atoms with van der Waals surface area (Å²) in [6.07, 6.45) is 0. The number of Topliss-reactive ketones (excluding diaryl/α,β-unsaturated/α-hetero) is 1. The zero-order valence-electron chi connectivity index (χ0n) is 10.6. The Bertz CT molecular complexity index is 464. The zero-order valence-corrected chi connectivity index (χ0v) is 10.6. The van der Waals surface area contributed by atoms with Gasteiger partial charge in [0.25, 0.3) is 5.78 Å². The number of aliphatic carboxylic acids is 1. The third-order valence-corrected chi connectivity index (χ3v) is 2.32. The van der Waals surface area contributed by atoms with Crippen molar-refractivity contribution in [1.82, 2.24) is 0 Å². The quantitative estimate of drug-likeness (QED) is 0.494. The Kier molecular flexibility index (Phi) is 4.71. The predicted octanol–water partition coefficient (Wildman–Crippen LogP) is 2.88. The fourth-order valence-corrected chi connectivity index (χ4v) is 1.34. The Labute approximate surface area is 106 Å². The van der Waals surface area contributed by atoms with E-state index in [-0.39, 0.29) is 17.6 Å².